The number of benzene rings is 3. The number of rotatable bonds is 7. The molecule has 37 heavy (non-hydrogen) atoms. The number of carbonyl (C=O) groups excluding carboxylic acids is 1. The Bertz CT molecular complexity index is 1460. The van der Waals surface area contributed by atoms with E-state index in [0.29, 0.717) is 31.6 Å². The molecule has 5 rings (SSSR count). The van der Waals surface area contributed by atoms with Crippen molar-refractivity contribution in [3.8, 4) is 6.07 Å². The molecule has 3 aromatic carbocycles. The van der Waals surface area contributed by atoms with Gasteiger partial charge in [0, 0.05) is 44.0 Å². The molecule has 1 aliphatic rings. The summed E-state index contributed by atoms with van der Waals surface area (Å²) in [5.74, 6) is -1.45. The summed E-state index contributed by atoms with van der Waals surface area (Å²) in [6.07, 6.45) is 4.00. The number of nitriles is 1. The molecule has 0 saturated heterocycles. The summed E-state index contributed by atoms with van der Waals surface area (Å²) in [5, 5.41) is 12.4. The number of fused-ring (bicyclic) bond motifs is 1. The molecule has 186 valence electrons. The molecule has 1 aromatic heterocycles. The third kappa shape index (κ3) is 5.57. The van der Waals surface area contributed by atoms with E-state index >= 15 is 0 Å². The number of carbonyl (C=O) groups is 1. The van der Waals surface area contributed by atoms with Crippen LogP contribution in [-0.4, -0.2) is 26.4 Å². The van der Waals surface area contributed by atoms with Gasteiger partial charge in [-0.3, -0.25) is 10.1 Å². The van der Waals surface area contributed by atoms with Gasteiger partial charge in [0.15, 0.2) is 0 Å². The zero-order chi connectivity index (χ0) is 25.8. The quantitative estimate of drug-likeness (QED) is 0.413. The second-order valence-electron chi connectivity index (χ2n) is 9.16. The summed E-state index contributed by atoms with van der Waals surface area (Å²) in [6, 6.07) is 20.3. The standard InChI is InChI=1S/C29H25F2N5O/c30-25-10-9-24(27(31)12-25)18-35-17-23-4-2-1-3-22(23)11-28(29(35)37)34-15-26-14-33-19-36(26)16-21-7-5-20(13-32)6-8-21/h1-10,12,14,19,28,34H,11,15-18H2. The zero-order valence-electron chi connectivity index (χ0n) is 20.1. The van der Waals surface area contributed by atoms with Gasteiger partial charge in [-0.25, -0.2) is 13.8 Å². The molecule has 0 fully saturated rings. The third-order valence-electron chi connectivity index (χ3n) is 6.65. The summed E-state index contributed by atoms with van der Waals surface area (Å²) in [4.78, 5) is 19.5. The maximum Gasteiger partial charge on any atom is 0.240 e. The van der Waals surface area contributed by atoms with Crippen LogP contribution in [0.1, 0.15) is 33.5 Å². The minimum absolute atomic E-state index is 0.0497. The molecule has 6 nitrogen and oxygen atoms in total. The first kappa shape index (κ1) is 24.3. The topological polar surface area (TPSA) is 74.0 Å². The highest BCUT2D eigenvalue weighted by molar-refractivity contribution is 5.83. The third-order valence-corrected chi connectivity index (χ3v) is 6.65. The van der Waals surface area contributed by atoms with Crippen LogP contribution in [-0.2, 0) is 37.4 Å². The van der Waals surface area contributed by atoms with Crippen LogP contribution < -0.4 is 5.32 Å². The molecule has 0 aliphatic carbocycles. The van der Waals surface area contributed by atoms with E-state index in [4.69, 9.17) is 5.26 Å². The Kier molecular flexibility index (Phi) is 7.06. The Balaban J connectivity index is 1.34. The van der Waals surface area contributed by atoms with E-state index in [0.717, 1.165) is 28.5 Å². The van der Waals surface area contributed by atoms with Crippen LogP contribution in [0.5, 0.6) is 0 Å². The van der Waals surface area contributed by atoms with Crippen LogP contribution in [0.2, 0.25) is 0 Å². The largest absolute Gasteiger partial charge is 0.333 e. The van der Waals surface area contributed by atoms with E-state index in [-0.39, 0.29) is 18.0 Å². The maximum absolute atomic E-state index is 14.4. The van der Waals surface area contributed by atoms with Gasteiger partial charge in [-0.1, -0.05) is 42.5 Å². The number of imidazole rings is 1. The van der Waals surface area contributed by atoms with Gasteiger partial charge in [0.1, 0.15) is 11.6 Å². The number of halogens is 2. The summed E-state index contributed by atoms with van der Waals surface area (Å²) in [5.41, 5.74) is 4.88. The van der Waals surface area contributed by atoms with Crippen molar-refractivity contribution in [1.82, 2.24) is 19.8 Å². The van der Waals surface area contributed by atoms with Gasteiger partial charge in [-0.05, 0) is 41.3 Å². The highest BCUT2D eigenvalue weighted by Crippen LogP contribution is 2.23. The van der Waals surface area contributed by atoms with Crippen LogP contribution in [0.3, 0.4) is 0 Å². The maximum atomic E-state index is 14.4. The lowest BCUT2D eigenvalue weighted by Crippen LogP contribution is -2.45. The smallest absolute Gasteiger partial charge is 0.240 e. The van der Waals surface area contributed by atoms with Crippen molar-refractivity contribution >= 4 is 5.91 Å². The number of hydrogen-bond donors (Lipinski definition) is 1. The first-order valence-electron chi connectivity index (χ1n) is 12.0. The second kappa shape index (κ2) is 10.7. The molecule has 0 bridgehead atoms. The van der Waals surface area contributed by atoms with E-state index < -0.39 is 17.7 Å². The molecule has 1 N–H and O–H groups in total. The van der Waals surface area contributed by atoms with Gasteiger partial charge < -0.3 is 9.47 Å². The van der Waals surface area contributed by atoms with Crippen molar-refractivity contribution in [2.24, 2.45) is 0 Å². The van der Waals surface area contributed by atoms with Crippen molar-refractivity contribution in [2.45, 2.75) is 38.6 Å². The molecule has 1 aliphatic heterocycles. The lowest BCUT2D eigenvalue weighted by Gasteiger charge is -2.25. The molecule has 1 amide bonds. The first-order valence-corrected chi connectivity index (χ1v) is 12.0. The predicted octanol–water partition coefficient (Wildman–Crippen LogP) is 4.32. The summed E-state index contributed by atoms with van der Waals surface area (Å²) < 4.78 is 29.8. The van der Waals surface area contributed by atoms with Crippen molar-refractivity contribution < 1.29 is 13.6 Å². The molecular weight excluding hydrogens is 472 g/mol. The number of nitrogens with zero attached hydrogens (tertiary/aromatic N) is 4. The van der Waals surface area contributed by atoms with Crippen molar-refractivity contribution in [3.05, 3.63) is 124 Å². The molecule has 1 atom stereocenters. The fraction of sp³-hybridized carbons (Fsp3) is 0.207. The monoisotopic (exact) mass is 497 g/mol. The Morgan fingerprint density at radius 3 is 2.57 bits per heavy atom. The normalized spacial score (nSPS) is 15.2. The number of amides is 1. The molecule has 1 unspecified atom stereocenters. The van der Waals surface area contributed by atoms with Gasteiger partial charge in [0.05, 0.1) is 29.7 Å². The molecule has 0 spiro atoms. The second-order valence-corrected chi connectivity index (χ2v) is 9.16. The van der Waals surface area contributed by atoms with E-state index in [1.54, 1.807) is 29.6 Å². The molecule has 0 saturated carbocycles. The minimum Gasteiger partial charge on any atom is -0.333 e. The first-order chi connectivity index (χ1) is 18.0. The number of nitrogens with one attached hydrogen (secondary N) is 1. The van der Waals surface area contributed by atoms with Crippen LogP contribution in [0, 0.1) is 23.0 Å². The van der Waals surface area contributed by atoms with Crippen LogP contribution >= 0.6 is 0 Å². The van der Waals surface area contributed by atoms with Crippen molar-refractivity contribution in [1.29, 1.82) is 5.26 Å². The lowest BCUT2D eigenvalue weighted by molar-refractivity contribution is -0.134. The Morgan fingerprint density at radius 1 is 1.03 bits per heavy atom. The zero-order valence-corrected chi connectivity index (χ0v) is 20.1. The lowest BCUT2D eigenvalue weighted by atomic mass is 10.0. The molecule has 4 aromatic rings. The summed E-state index contributed by atoms with van der Waals surface area (Å²) in [6.45, 7) is 1.39. The molecule has 0 radical (unpaired) electrons. The van der Waals surface area contributed by atoms with Gasteiger partial charge in [-0.2, -0.15) is 5.26 Å². The van der Waals surface area contributed by atoms with Crippen LogP contribution in [0.15, 0.2) is 79.3 Å². The van der Waals surface area contributed by atoms with Gasteiger partial charge in [0.2, 0.25) is 5.91 Å². The highest BCUT2D eigenvalue weighted by Gasteiger charge is 2.30. The summed E-state index contributed by atoms with van der Waals surface area (Å²) in [7, 11) is 0. The van der Waals surface area contributed by atoms with Crippen molar-refractivity contribution in [3.63, 3.8) is 0 Å². The van der Waals surface area contributed by atoms with Crippen LogP contribution in [0.4, 0.5) is 8.78 Å². The number of aromatic nitrogens is 2. The number of hydrogen-bond acceptors (Lipinski definition) is 4. The Morgan fingerprint density at radius 2 is 1.81 bits per heavy atom. The van der Waals surface area contributed by atoms with Crippen LogP contribution in [0.25, 0.3) is 0 Å². The Labute approximate surface area is 213 Å². The fourth-order valence-electron chi connectivity index (χ4n) is 4.62. The highest BCUT2D eigenvalue weighted by atomic mass is 19.1. The molecular formula is C29H25F2N5O. The van der Waals surface area contributed by atoms with E-state index in [9.17, 15) is 13.6 Å². The molecule has 8 heteroatoms. The SMILES string of the molecule is N#Cc1ccc(Cn2cncc2CNC2Cc3ccccc3CN(Cc3ccc(F)cc3F)C2=O)cc1. The van der Waals surface area contributed by atoms with Gasteiger partial charge >= 0.3 is 0 Å². The van der Waals surface area contributed by atoms with E-state index in [1.807, 2.05) is 41.0 Å². The van der Waals surface area contributed by atoms with Gasteiger partial charge in [0.25, 0.3) is 0 Å². The molecule has 2 heterocycles. The fourth-order valence-corrected chi connectivity index (χ4v) is 4.62. The predicted molar refractivity (Wildman–Crippen MR) is 134 cm³/mol. The van der Waals surface area contributed by atoms with E-state index in [2.05, 4.69) is 16.4 Å². The van der Waals surface area contributed by atoms with E-state index in [1.165, 1.54) is 12.1 Å². The van der Waals surface area contributed by atoms with Crippen molar-refractivity contribution in [2.75, 3.05) is 0 Å². The summed E-state index contributed by atoms with van der Waals surface area (Å²) >= 11 is 0. The average molecular weight is 498 g/mol. The Hall–Kier alpha value is -4.35. The minimum atomic E-state index is -0.665. The average Bonchev–Trinajstić information content (AvgIpc) is 3.29. The van der Waals surface area contributed by atoms with Gasteiger partial charge in [-0.15, -0.1) is 0 Å².